The Morgan fingerprint density at radius 3 is 2.62 bits per heavy atom. The molecular formula is C19H28N4O. The minimum atomic E-state index is 0.138. The Kier molecular flexibility index (Phi) is 5.63. The number of hydrogen-bond donors (Lipinski definition) is 1. The molecule has 1 fully saturated rings. The van der Waals surface area contributed by atoms with E-state index >= 15 is 0 Å². The molecule has 0 spiro atoms. The van der Waals surface area contributed by atoms with E-state index in [0.29, 0.717) is 5.92 Å². The summed E-state index contributed by atoms with van der Waals surface area (Å²) in [5.74, 6) is 0.832. The van der Waals surface area contributed by atoms with E-state index in [4.69, 9.17) is 0 Å². The second kappa shape index (κ2) is 7.90. The smallest absolute Gasteiger partial charge is 0.224 e. The van der Waals surface area contributed by atoms with Crippen molar-refractivity contribution in [2.45, 2.75) is 25.4 Å². The standard InChI is InChI=1S/C19H28N4O/c1-22(2)12-17-13-23(11-15-7-9-20-10-8-15)14-18(17)21-19(24)16-5-3-4-6-16/h3-4,7-10,16-18H,5-6,11-14H2,1-2H3,(H,21,24)/t17-,18-/m1/s1. The van der Waals surface area contributed by atoms with E-state index in [2.05, 4.69) is 58.5 Å². The molecular weight excluding hydrogens is 300 g/mol. The molecule has 0 saturated carbocycles. The molecule has 5 heteroatoms. The van der Waals surface area contributed by atoms with E-state index in [9.17, 15) is 4.79 Å². The van der Waals surface area contributed by atoms with Crippen LogP contribution in [0.1, 0.15) is 18.4 Å². The third kappa shape index (κ3) is 4.42. The Labute approximate surface area is 144 Å². The summed E-state index contributed by atoms with van der Waals surface area (Å²) in [7, 11) is 4.20. The maximum absolute atomic E-state index is 12.5. The summed E-state index contributed by atoms with van der Waals surface area (Å²) in [6.45, 7) is 3.87. The van der Waals surface area contributed by atoms with Crippen LogP contribution in [0.15, 0.2) is 36.7 Å². The predicted octanol–water partition coefficient (Wildman–Crippen LogP) is 1.53. The maximum atomic E-state index is 12.5. The number of carbonyl (C=O) groups excluding carboxylic acids is 1. The van der Waals surface area contributed by atoms with Crippen LogP contribution < -0.4 is 5.32 Å². The quantitative estimate of drug-likeness (QED) is 0.805. The zero-order chi connectivity index (χ0) is 16.9. The number of carbonyl (C=O) groups is 1. The first-order valence-corrected chi connectivity index (χ1v) is 8.83. The summed E-state index contributed by atoms with van der Waals surface area (Å²) in [4.78, 5) is 21.3. The molecule has 1 amide bonds. The Balaban J connectivity index is 1.60. The third-order valence-corrected chi connectivity index (χ3v) is 4.98. The number of hydrogen-bond acceptors (Lipinski definition) is 4. The molecule has 1 aliphatic carbocycles. The van der Waals surface area contributed by atoms with Crippen molar-refractivity contribution in [2.24, 2.45) is 11.8 Å². The first kappa shape index (κ1) is 17.1. The predicted molar refractivity (Wildman–Crippen MR) is 95.4 cm³/mol. The van der Waals surface area contributed by atoms with E-state index in [1.54, 1.807) is 0 Å². The molecule has 3 rings (SSSR count). The third-order valence-electron chi connectivity index (χ3n) is 4.98. The zero-order valence-corrected chi connectivity index (χ0v) is 14.7. The Hall–Kier alpha value is -1.72. The average Bonchev–Trinajstić information content (AvgIpc) is 3.19. The van der Waals surface area contributed by atoms with Crippen LogP contribution in [0.5, 0.6) is 0 Å². The number of aromatic nitrogens is 1. The number of allylic oxidation sites excluding steroid dienone is 2. The molecule has 1 aromatic heterocycles. The molecule has 0 bridgehead atoms. The normalized spacial score (nSPS) is 24.8. The molecule has 2 atom stereocenters. The molecule has 2 aliphatic rings. The second-order valence-corrected chi connectivity index (χ2v) is 7.33. The number of nitrogens with one attached hydrogen (secondary N) is 1. The maximum Gasteiger partial charge on any atom is 0.224 e. The van der Waals surface area contributed by atoms with Crippen LogP contribution in [0, 0.1) is 11.8 Å². The summed E-state index contributed by atoms with van der Waals surface area (Å²) in [6, 6.07) is 4.37. The first-order chi connectivity index (χ1) is 11.6. The van der Waals surface area contributed by atoms with Gasteiger partial charge in [-0.2, -0.15) is 0 Å². The van der Waals surface area contributed by atoms with E-state index in [1.165, 1.54) is 5.56 Å². The van der Waals surface area contributed by atoms with E-state index < -0.39 is 0 Å². The molecule has 24 heavy (non-hydrogen) atoms. The molecule has 5 nitrogen and oxygen atoms in total. The van der Waals surface area contributed by atoms with Gasteiger partial charge in [-0.1, -0.05) is 12.2 Å². The Bertz CT molecular complexity index is 564. The Morgan fingerprint density at radius 1 is 1.25 bits per heavy atom. The monoisotopic (exact) mass is 328 g/mol. The summed E-state index contributed by atoms with van der Waals surface area (Å²) < 4.78 is 0. The molecule has 1 aliphatic heterocycles. The Morgan fingerprint density at radius 2 is 1.96 bits per heavy atom. The van der Waals surface area contributed by atoms with Crippen LogP contribution in [0.4, 0.5) is 0 Å². The van der Waals surface area contributed by atoms with Crippen LogP contribution in [0.3, 0.4) is 0 Å². The summed E-state index contributed by atoms with van der Waals surface area (Å²) in [5, 5.41) is 3.33. The van der Waals surface area contributed by atoms with Gasteiger partial charge in [-0.3, -0.25) is 14.7 Å². The van der Waals surface area contributed by atoms with Crippen molar-refractivity contribution < 1.29 is 4.79 Å². The lowest BCUT2D eigenvalue weighted by molar-refractivity contribution is -0.125. The van der Waals surface area contributed by atoms with Crippen LogP contribution in [0.2, 0.25) is 0 Å². The number of amides is 1. The number of likely N-dealkylation sites (tertiary alicyclic amines) is 1. The highest BCUT2D eigenvalue weighted by molar-refractivity contribution is 5.79. The van der Waals surface area contributed by atoms with Gasteiger partial charge in [0.1, 0.15) is 0 Å². The zero-order valence-electron chi connectivity index (χ0n) is 14.7. The minimum Gasteiger partial charge on any atom is -0.351 e. The SMILES string of the molecule is CN(C)C[C@@H]1CN(Cc2ccncc2)C[C@H]1NC(=O)C1CC=CC1. The lowest BCUT2D eigenvalue weighted by Gasteiger charge is -2.24. The van der Waals surface area contributed by atoms with Crippen LogP contribution in [-0.2, 0) is 11.3 Å². The molecule has 0 radical (unpaired) electrons. The lowest BCUT2D eigenvalue weighted by atomic mass is 10.0. The van der Waals surface area contributed by atoms with E-state index in [0.717, 1.165) is 39.0 Å². The minimum absolute atomic E-state index is 0.138. The topological polar surface area (TPSA) is 48.5 Å². The van der Waals surface area contributed by atoms with Gasteiger partial charge < -0.3 is 10.2 Å². The fourth-order valence-electron chi connectivity index (χ4n) is 3.79. The molecule has 0 unspecified atom stereocenters. The van der Waals surface area contributed by atoms with Gasteiger partial charge in [0.25, 0.3) is 0 Å². The molecule has 1 N–H and O–H groups in total. The van der Waals surface area contributed by atoms with Crippen molar-refractivity contribution >= 4 is 5.91 Å². The van der Waals surface area contributed by atoms with Crippen LogP contribution >= 0.6 is 0 Å². The molecule has 0 aromatic carbocycles. The molecule has 1 aromatic rings. The van der Waals surface area contributed by atoms with Crippen molar-refractivity contribution in [1.29, 1.82) is 0 Å². The summed E-state index contributed by atoms with van der Waals surface area (Å²) in [5.41, 5.74) is 1.28. The van der Waals surface area contributed by atoms with Gasteiger partial charge in [0.2, 0.25) is 5.91 Å². The van der Waals surface area contributed by atoms with Crippen molar-refractivity contribution in [1.82, 2.24) is 20.1 Å². The van der Waals surface area contributed by atoms with Crippen LogP contribution in [-0.4, -0.2) is 60.5 Å². The van der Waals surface area contributed by atoms with E-state index in [1.807, 2.05) is 12.4 Å². The summed E-state index contributed by atoms with van der Waals surface area (Å²) in [6.07, 6.45) is 9.69. The number of pyridine rings is 1. The van der Waals surface area contributed by atoms with Crippen LogP contribution in [0.25, 0.3) is 0 Å². The fraction of sp³-hybridized carbons (Fsp3) is 0.579. The molecule has 1 saturated heterocycles. The van der Waals surface area contributed by atoms with Gasteiger partial charge in [0.05, 0.1) is 0 Å². The van der Waals surface area contributed by atoms with Crippen molar-refractivity contribution in [3.8, 4) is 0 Å². The first-order valence-electron chi connectivity index (χ1n) is 8.83. The number of rotatable bonds is 6. The van der Waals surface area contributed by atoms with Gasteiger partial charge in [0, 0.05) is 56.5 Å². The average molecular weight is 328 g/mol. The number of nitrogens with zero attached hydrogens (tertiary/aromatic N) is 3. The summed E-state index contributed by atoms with van der Waals surface area (Å²) >= 11 is 0. The largest absolute Gasteiger partial charge is 0.351 e. The van der Waals surface area contributed by atoms with Crippen molar-refractivity contribution in [3.05, 3.63) is 42.2 Å². The lowest BCUT2D eigenvalue weighted by Crippen LogP contribution is -2.45. The highest BCUT2D eigenvalue weighted by Crippen LogP contribution is 2.23. The fourth-order valence-corrected chi connectivity index (χ4v) is 3.79. The van der Waals surface area contributed by atoms with Crippen molar-refractivity contribution in [3.63, 3.8) is 0 Å². The van der Waals surface area contributed by atoms with Crippen molar-refractivity contribution in [2.75, 3.05) is 33.7 Å². The highest BCUT2D eigenvalue weighted by Gasteiger charge is 2.35. The highest BCUT2D eigenvalue weighted by atomic mass is 16.2. The van der Waals surface area contributed by atoms with Gasteiger partial charge in [0.15, 0.2) is 0 Å². The van der Waals surface area contributed by atoms with Gasteiger partial charge >= 0.3 is 0 Å². The van der Waals surface area contributed by atoms with Gasteiger partial charge in [-0.25, -0.2) is 0 Å². The second-order valence-electron chi connectivity index (χ2n) is 7.33. The molecule has 130 valence electrons. The van der Waals surface area contributed by atoms with E-state index in [-0.39, 0.29) is 17.9 Å². The van der Waals surface area contributed by atoms with Gasteiger partial charge in [-0.05, 0) is 44.6 Å². The van der Waals surface area contributed by atoms with Gasteiger partial charge in [-0.15, -0.1) is 0 Å². The molecule has 2 heterocycles.